The van der Waals surface area contributed by atoms with Crippen LogP contribution in [0.4, 0.5) is 5.69 Å². The quantitative estimate of drug-likeness (QED) is 0.510. The van der Waals surface area contributed by atoms with Crippen LogP contribution in [0.15, 0.2) is 41.6 Å². The molecule has 9 heteroatoms. The van der Waals surface area contributed by atoms with Gasteiger partial charge in [0, 0.05) is 7.05 Å². The molecule has 3 aromatic rings. The summed E-state index contributed by atoms with van der Waals surface area (Å²) >= 11 is 13.4. The van der Waals surface area contributed by atoms with E-state index in [2.05, 4.69) is 15.5 Å². The predicted octanol–water partition coefficient (Wildman–Crippen LogP) is 5.05. The number of hydrogen-bond acceptors (Lipinski definition) is 5. The molecule has 2 aromatic carbocycles. The average molecular weight is 451 g/mol. The number of carbonyl (C=O) groups excluding carboxylic acids is 1. The van der Waals surface area contributed by atoms with E-state index in [0.717, 1.165) is 16.9 Å². The van der Waals surface area contributed by atoms with Gasteiger partial charge in [0.15, 0.2) is 11.0 Å². The van der Waals surface area contributed by atoms with Crippen molar-refractivity contribution in [3.8, 4) is 5.75 Å². The Kier molecular flexibility index (Phi) is 7.05. The molecule has 1 N–H and O–H groups in total. The second-order valence-corrected chi connectivity index (χ2v) is 8.21. The topological polar surface area (TPSA) is 69.0 Å². The van der Waals surface area contributed by atoms with Gasteiger partial charge in [0.05, 0.1) is 21.5 Å². The van der Waals surface area contributed by atoms with Gasteiger partial charge >= 0.3 is 0 Å². The van der Waals surface area contributed by atoms with E-state index in [-0.39, 0.29) is 18.3 Å². The number of hydrogen-bond donors (Lipinski definition) is 1. The van der Waals surface area contributed by atoms with Gasteiger partial charge in [-0.15, -0.1) is 10.2 Å². The van der Waals surface area contributed by atoms with E-state index >= 15 is 0 Å². The summed E-state index contributed by atoms with van der Waals surface area (Å²) in [6, 6.07) is 11.1. The highest BCUT2D eigenvalue weighted by molar-refractivity contribution is 7.99. The normalized spacial score (nSPS) is 10.8. The second kappa shape index (κ2) is 9.52. The van der Waals surface area contributed by atoms with Gasteiger partial charge in [-0.2, -0.15) is 0 Å². The number of para-hydroxylation sites is 1. The number of rotatable bonds is 7. The summed E-state index contributed by atoms with van der Waals surface area (Å²) in [6.45, 7) is 4.30. The number of benzene rings is 2. The lowest BCUT2D eigenvalue weighted by atomic mass is 10.1. The molecule has 0 atom stereocenters. The van der Waals surface area contributed by atoms with Crippen LogP contribution < -0.4 is 10.1 Å². The van der Waals surface area contributed by atoms with Gasteiger partial charge in [0.1, 0.15) is 12.4 Å². The summed E-state index contributed by atoms with van der Waals surface area (Å²) in [5.74, 6) is 1.40. The maximum Gasteiger partial charge on any atom is 0.234 e. The fraction of sp³-hybridized carbons (Fsp3) is 0.250. The molecular weight excluding hydrogens is 431 g/mol. The smallest absolute Gasteiger partial charge is 0.234 e. The van der Waals surface area contributed by atoms with Crippen molar-refractivity contribution in [2.24, 2.45) is 7.05 Å². The third-order valence-corrected chi connectivity index (χ3v) is 5.84. The van der Waals surface area contributed by atoms with E-state index in [9.17, 15) is 4.79 Å². The third kappa shape index (κ3) is 5.44. The lowest BCUT2D eigenvalue weighted by Gasteiger charge is -2.10. The zero-order valence-electron chi connectivity index (χ0n) is 16.2. The van der Waals surface area contributed by atoms with Crippen LogP contribution in [0.5, 0.6) is 5.75 Å². The van der Waals surface area contributed by atoms with Gasteiger partial charge in [-0.3, -0.25) is 4.79 Å². The zero-order chi connectivity index (χ0) is 21.0. The molecule has 0 fully saturated rings. The summed E-state index contributed by atoms with van der Waals surface area (Å²) in [5.41, 5.74) is 2.59. The molecule has 0 spiro atoms. The van der Waals surface area contributed by atoms with Crippen molar-refractivity contribution in [1.29, 1.82) is 0 Å². The van der Waals surface area contributed by atoms with Gasteiger partial charge < -0.3 is 14.6 Å². The summed E-state index contributed by atoms with van der Waals surface area (Å²) in [4.78, 5) is 12.3. The van der Waals surface area contributed by atoms with E-state index < -0.39 is 0 Å². The Bertz CT molecular complexity index is 1020. The molecule has 0 saturated heterocycles. The van der Waals surface area contributed by atoms with Crippen LogP contribution in [0.3, 0.4) is 0 Å². The lowest BCUT2D eigenvalue weighted by molar-refractivity contribution is -0.113. The van der Waals surface area contributed by atoms with Crippen LogP contribution in [0, 0.1) is 13.8 Å². The van der Waals surface area contributed by atoms with Crippen molar-refractivity contribution < 1.29 is 9.53 Å². The van der Waals surface area contributed by atoms with Crippen molar-refractivity contribution in [2.45, 2.75) is 25.6 Å². The van der Waals surface area contributed by atoms with Crippen LogP contribution in [0.1, 0.15) is 17.0 Å². The Labute approximate surface area is 183 Å². The summed E-state index contributed by atoms with van der Waals surface area (Å²) in [5, 5.41) is 12.4. The molecule has 0 aliphatic heterocycles. The Balaban J connectivity index is 1.58. The minimum atomic E-state index is -0.235. The lowest BCUT2D eigenvalue weighted by Crippen LogP contribution is -2.15. The molecule has 0 unspecified atom stereocenters. The highest BCUT2D eigenvalue weighted by Gasteiger charge is 2.14. The molecule has 1 aromatic heterocycles. The number of ether oxygens (including phenoxy) is 1. The van der Waals surface area contributed by atoms with E-state index in [1.165, 1.54) is 11.8 Å². The Morgan fingerprint density at radius 2 is 1.90 bits per heavy atom. The number of thioether (sulfide) groups is 1. The van der Waals surface area contributed by atoms with Crippen molar-refractivity contribution in [3.63, 3.8) is 0 Å². The zero-order valence-corrected chi connectivity index (χ0v) is 18.5. The van der Waals surface area contributed by atoms with Gasteiger partial charge in [-0.25, -0.2) is 0 Å². The number of aryl methyl sites for hydroxylation is 2. The van der Waals surface area contributed by atoms with Crippen molar-refractivity contribution in [2.75, 3.05) is 11.1 Å². The van der Waals surface area contributed by atoms with E-state index in [1.54, 1.807) is 18.2 Å². The van der Waals surface area contributed by atoms with Crippen LogP contribution in [-0.2, 0) is 18.4 Å². The molecule has 1 amide bonds. The Morgan fingerprint density at radius 1 is 1.17 bits per heavy atom. The maximum atomic E-state index is 12.3. The van der Waals surface area contributed by atoms with Crippen molar-refractivity contribution in [1.82, 2.24) is 14.8 Å². The molecule has 3 rings (SSSR count). The highest BCUT2D eigenvalue weighted by Crippen LogP contribution is 2.30. The first-order chi connectivity index (χ1) is 13.8. The summed E-state index contributed by atoms with van der Waals surface area (Å²) in [6.07, 6.45) is 0. The number of carbonyl (C=O) groups is 1. The van der Waals surface area contributed by atoms with Gasteiger partial charge in [0.25, 0.3) is 0 Å². The van der Waals surface area contributed by atoms with Crippen LogP contribution in [-0.4, -0.2) is 26.4 Å². The molecule has 29 heavy (non-hydrogen) atoms. The number of aromatic nitrogens is 3. The number of halogens is 2. The van der Waals surface area contributed by atoms with Gasteiger partial charge in [-0.05, 0) is 43.2 Å². The highest BCUT2D eigenvalue weighted by atomic mass is 35.5. The number of nitrogens with zero attached hydrogens (tertiary/aromatic N) is 3. The second-order valence-electron chi connectivity index (χ2n) is 6.45. The molecule has 0 aliphatic carbocycles. The van der Waals surface area contributed by atoms with Crippen molar-refractivity contribution in [3.05, 3.63) is 63.4 Å². The fourth-order valence-corrected chi connectivity index (χ4v) is 3.75. The molecule has 6 nitrogen and oxygen atoms in total. The van der Waals surface area contributed by atoms with Crippen LogP contribution in [0.25, 0.3) is 0 Å². The summed E-state index contributed by atoms with van der Waals surface area (Å²) < 4.78 is 7.70. The van der Waals surface area contributed by atoms with Crippen LogP contribution in [0.2, 0.25) is 10.0 Å². The van der Waals surface area contributed by atoms with E-state index in [4.69, 9.17) is 27.9 Å². The number of nitrogens with one attached hydrogen (secondary N) is 1. The monoisotopic (exact) mass is 450 g/mol. The molecule has 152 valence electrons. The molecule has 0 bridgehead atoms. The minimum absolute atomic E-state index is 0.144. The minimum Gasteiger partial charge on any atom is -0.485 e. The van der Waals surface area contributed by atoms with Crippen molar-refractivity contribution >= 4 is 46.6 Å². The Morgan fingerprint density at radius 3 is 2.62 bits per heavy atom. The largest absolute Gasteiger partial charge is 0.485 e. The summed E-state index contributed by atoms with van der Waals surface area (Å²) in [7, 11) is 1.84. The van der Waals surface area contributed by atoms with E-state index in [1.807, 2.05) is 43.7 Å². The maximum absolute atomic E-state index is 12.3. The molecule has 1 heterocycles. The average Bonchev–Trinajstić information content (AvgIpc) is 3.03. The predicted molar refractivity (Wildman–Crippen MR) is 117 cm³/mol. The first-order valence-electron chi connectivity index (χ1n) is 8.80. The SMILES string of the molecule is Cc1ccc(C)c(OCc2nnc(SCC(=O)Nc3c(Cl)cccc3Cl)n2C)c1. The number of anilines is 1. The Hall–Kier alpha value is -2.22. The first kappa shape index (κ1) is 21.5. The molecule has 0 radical (unpaired) electrons. The number of amides is 1. The first-order valence-corrected chi connectivity index (χ1v) is 10.5. The molecular formula is C20H20Cl2N4O2S. The van der Waals surface area contributed by atoms with Crippen LogP contribution >= 0.6 is 35.0 Å². The van der Waals surface area contributed by atoms with Gasteiger partial charge in [-0.1, -0.05) is 53.2 Å². The fourth-order valence-electron chi connectivity index (χ4n) is 2.52. The van der Waals surface area contributed by atoms with E-state index in [0.29, 0.717) is 26.7 Å². The standard InChI is InChI=1S/C20H20Cl2N4O2S/c1-12-7-8-13(2)16(9-12)28-10-17-24-25-20(26(17)3)29-11-18(27)23-19-14(21)5-4-6-15(19)22/h4-9H,10-11H2,1-3H3,(H,23,27). The van der Waals surface area contributed by atoms with Gasteiger partial charge in [0.2, 0.25) is 5.91 Å². The molecule has 0 aliphatic rings. The third-order valence-electron chi connectivity index (χ3n) is 4.19. The molecule has 0 saturated carbocycles.